The van der Waals surface area contributed by atoms with Crippen molar-refractivity contribution in [3.8, 4) is 11.5 Å². The smallest absolute Gasteiger partial charge is 0.240 e. The zero-order chi connectivity index (χ0) is 19.9. The first kappa shape index (κ1) is 19.0. The molecule has 1 amide bonds. The predicted octanol–water partition coefficient (Wildman–Crippen LogP) is 3.41. The largest absolute Gasteiger partial charge is 0.457 e. The quantitative estimate of drug-likeness (QED) is 0.285. The van der Waals surface area contributed by atoms with Crippen LogP contribution in [-0.4, -0.2) is 39.1 Å². The van der Waals surface area contributed by atoms with Crippen LogP contribution in [0.25, 0.3) is 0 Å². The van der Waals surface area contributed by atoms with Gasteiger partial charge < -0.3 is 10.1 Å². The van der Waals surface area contributed by atoms with E-state index in [0.29, 0.717) is 22.9 Å². The van der Waals surface area contributed by atoms with Crippen molar-refractivity contribution in [2.24, 2.45) is 5.10 Å². The Morgan fingerprint density at radius 3 is 2.86 bits per heavy atom. The molecule has 3 aromatic rings. The lowest BCUT2D eigenvalue weighted by Crippen LogP contribution is -2.27. The number of carbonyl (C=O) groups is 1. The maximum atomic E-state index is 11.7. The molecular weight excluding hydrogens is 388 g/mol. The molecule has 3 N–H and O–H groups in total. The molecule has 0 saturated heterocycles. The number of hydrogen-bond acceptors (Lipinski definition) is 7. The summed E-state index contributed by atoms with van der Waals surface area (Å²) in [4.78, 5) is 15.9. The highest BCUT2D eigenvalue weighted by Gasteiger charge is 2.23. The van der Waals surface area contributed by atoms with Gasteiger partial charge in [-0.1, -0.05) is 42.1 Å². The van der Waals surface area contributed by atoms with E-state index in [1.54, 1.807) is 6.21 Å². The number of benzene rings is 2. The predicted molar refractivity (Wildman–Crippen MR) is 112 cm³/mol. The second-order valence-corrected chi connectivity index (χ2v) is 7.40. The number of hydrogen-bond donors (Lipinski definition) is 3. The topological polar surface area (TPSA) is 104 Å². The zero-order valence-corrected chi connectivity index (χ0v) is 16.4. The fourth-order valence-electron chi connectivity index (χ4n) is 2.44. The minimum absolute atomic E-state index is 0.00688. The summed E-state index contributed by atoms with van der Waals surface area (Å²) in [6, 6.07) is 17.5. The third-order valence-corrected chi connectivity index (χ3v) is 4.81. The lowest BCUT2D eigenvalue weighted by molar-refractivity contribution is -0.118. The van der Waals surface area contributed by atoms with Gasteiger partial charge in [0.25, 0.3) is 0 Å². The average molecular weight is 408 g/mol. The summed E-state index contributed by atoms with van der Waals surface area (Å²) in [5.41, 5.74) is 3.67. The van der Waals surface area contributed by atoms with Crippen LogP contribution in [0.4, 0.5) is 5.95 Å². The van der Waals surface area contributed by atoms with Crippen molar-refractivity contribution in [2.45, 2.75) is 24.0 Å². The maximum Gasteiger partial charge on any atom is 0.240 e. The van der Waals surface area contributed by atoms with Gasteiger partial charge in [0.2, 0.25) is 17.0 Å². The molecule has 0 spiro atoms. The van der Waals surface area contributed by atoms with Crippen molar-refractivity contribution < 1.29 is 9.53 Å². The molecule has 0 unspecified atom stereocenters. The van der Waals surface area contributed by atoms with Gasteiger partial charge in [0.1, 0.15) is 11.5 Å². The molecule has 0 aliphatic heterocycles. The number of thioether (sulfide) groups is 1. The molecule has 1 aromatic heterocycles. The van der Waals surface area contributed by atoms with E-state index in [2.05, 4.69) is 31.0 Å². The van der Waals surface area contributed by atoms with E-state index in [0.717, 1.165) is 29.9 Å². The van der Waals surface area contributed by atoms with Crippen LogP contribution >= 0.6 is 11.8 Å². The monoisotopic (exact) mass is 408 g/mol. The summed E-state index contributed by atoms with van der Waals surface area (Å²) in [6.45, 7) is 0. The number of rotatable bonds is 9. The summed E-state index contributed by atoms with van der Waals surface area (Å²) >= 11 is 1.28. The van der Waals surface area contributed by atoms with Crippen LogP contribution in [0.3, 0.4) is 0 Å². The van der Waals surface area contributed by atoms with Crippen LogP contribution in [0.1, 0.15) is 18.4 Å². The molecule has 1 saturated carbocycles. The number of aromatic nitrogens is 3. The average Bonchev–Trinajstić information content (AvgIpc) is 3.43. The Hall–Kier alpha value is -3.33. The third-order valence-electron chi connectivity index (χ3n) is 3.96. The second kappa shape index (κ2) is 9.24. The summed E-state index contributed by atoms with van der Waals surface area (Å²) in [6.07, 6.45) is 3.81. The summed E-state index contributed by atoms with van der Waals surface area (Å²) in [5.74, 6) is 2.21. The van der Waals surface area contributed by atoms with Gasteiger partial charge >= 0.3 is 0 Å². The number of amides is 1. The van der Waals surface area contributed by atoms with Crippen LogP contribution in [0.5, 0.6) is 11.5 Å². The Morgan fingerprint density at radius 2 is 2.03 bits per heavy atom. The van der Waals surface area contributed by atoms with Gasteiger partial charge in [0, 0.05) is 6.04 Å². The number of H-pyrrole nitrogens is 1. The maximum absolute atomic E-state index is 11.7. The number of ether oxygens (including phenoxy) is 1. The molecule has 0 atom stereocenters. The van der Waals surface area contributed by atoms with Crippen LogP contribution in [0.15, 0.2) is 64.9 Å². The van der Waals surface area contributed by atoms with E-state index in [-0.39, 0.29) is 5.91 Å². The van der Waals surface area contributed by atoms with Gasteiger partial charge in [0.05, 0.1) is 12.0 Å². The molecule has 1 fully saturated rings. The Bertz CT molecular complexity index is 987. The van der Waals surface area contributed by atoms with Gasteiger partial charge in [-0.05, 0) is 42.7 Å². The molecule has 148 valence electrons. The fourth-order valence-corrected chi connectivity index (χ4v) is 3.05. The number of aromatic amines is 1. The standard InChI is InChI=1S/C20H20N6O2S/c27-18(22-15-9-10-15)13-29-20-23-19(25-26-20)24-21-12-14-5-4-8-17(11-14)28-16-6-2-1-3-7-16/h1-8,11-12,15H,9-10,13H2,(H,22,27)(H2,23,24,25,26)/b21-12-. The minimum Gasteiger partial charge on any atom is -0.457 e. The van der Waals surface area contributed by atoms with Crippen LogP contribution < -0.4 is 15.5 Å². The molecule has 0 bridgehead atoms. The SMILES string of the molecule is O=C(CSc1n[nH]c(N/N=C\c2cccc(Oc3ccccc3)c2)n1)NC1CC1. The van der Waals surface area contributed by atoms with Crippen LogP contribution in [0.2, 0.25) is 0 Å². The van der Waals surface area contributed by atoms with Gasteiger partial charge in [-0.25, -0.2) is 10.5 Å². The summed E-state index contributed by atoms with van der Waals surface area (Å²) < 4.78 is 5.81. The molecule has 1 aliphatic rings. The molecule has 1 heterocycles. The first-order valence-corrected chi connectivity index (χ1v) is 10.2. The Morgan fingerprint density at radius 1 is 1.21 bits per heavy atom. The van der Waals surface area contributed by atoms with Crippen molar-refractivity contribution in [3.63, 3.8) is 0 Å². The highest BCUT2D eigenvalue weighted by molar-refractivity contribution is 7.99. The van der Waals surface area contributed by atoms with E-state index in [1.165, 1.54) is 11.8 Å². The van der Waals surface area contributed by atoms with E-state index in [4.69, 9.17) is 4.74 Å². The second-order valence-electron chi connectivity index (χ2n) is 6.45. The number of nitrogens with zero attached hydrogens (tertiary/aromatic N) is 3. The van der Waals surface area contributed by atoms with Gasteiger partial charge in [0.15, 0.2) is 0 Å². The number of para-hydroxylation sites is 1. The summed E-state index contributed by atoms with van der Waals surface area (Å²) in [7, 11) is 0. The highest BCUT2D eigenvalue weighted by Crippen LogP contribution is 2.21. The Labute approximate surface area is 172 Å². The van der Waals surface area contributed by atoms with Gasteiger partial charge in [-0.3, -0.25) is 4.79 Å². The van der Waals surface area contributed by atoms with Gasteiger partial charge in [-0.2, -0.15) is 10.1 Å². The van der Waals surface area contributed by atoms with Crippen molar-refractivity contribution in [1.29, 1.82) is 0 Å². The molecule has 1 aliphatic carbocycles. The van der Waals surface area contributed by atoms with E-state index < -0.39 is 0 Å². The van der Waals surface area contributed by atoms with Crippen molar-refractivity contribution >= 4 is 29.8 Å². The van der Waals surface area contributed by atoms with Gasteiger partial charge in [-0.15, -0.1) is 5.10 Å². The molecule has 29 heavy (non-hydrogen) atoms. The normalized spacial score (nSPS) is 13.4. The lowest BCUT2D eigenvalue weighted by Gasteiger charge is -2.05. The van der Waals surface area contributed by atoms with E-state index in [1.807, 2.05) is 54.6 Å². The number of anilines is 1. The molecular formula is C20H20N6O2S. The lowest BCUT2D eigenvalue weighted by atomic mass is 10.2. The van der Waals surface area contributed by atoms with Crippen molar-refractivity contribution in [3.05, 3.63) is 60.2 Å². The van der Waals surface area contributed by atoms with Crippen molar-refractivity contribution in [1.82, 2.24) is 20.5 Å². The molecule has 0 radical (unpaired) electrons. The highest BCUT2D eigenvalue weighted by atomic mass is 32.2. The molecule has 9 heteroatoms. The van der Waals surface area contributed by atoms with Crippen LogP contribution in [0, 0.1) is 0 Å². The first-order chi connectivity index (χ1) is 14.2. The Balaban J connectivity index is 1.27. The fraction of sp³-hybridized carbons (Fsp3) is 0.200. The molecule has 2 aromatic carbocycles. The van der Waals surface area contributed by atoms with E-state index in [9.17, 15) is 4.79 Å². The number of nitrogens with one attached hydrogen (secondary N) is 3. The Kier molecular flexibility index (Phi) is 6.06. The summed E-state index contributed by atoms with van der Waals surface area (Å²) in [5, 5.41) is 14.4. The number of hydrazone groups is 1. The minimum atomic E-state index is 0.00688. The molecule has 4 rings (SSSR count). The zero-order valence-electron chi connectivity index (χ0n) is 15.5. The van der Waals surface area contributed by atoms with E-state index >= 15 is 0 Å². The molecule has 8 nitrogen and oxygen atoms in total. The van der Waals surface area contributed by atoms with Crippen LogP contribution in [-0.2, 0) is 4.79 Å². The first-order valence-electron chi connectivity index (χ1n) is 9.21. The van der Waals surface area contributed by atoms with Crippen molar-refractivity contribution in [2.75, 3.05) is 11.2 Å². The number of carbonyl (C=O) groups excluding carboxylic acids is 1. The third kappa shape index (κ3) is 6.08.